The Bertz CT molecular complexity index is 717. The molecule has 0 spiro atoms. The van der Waals surface area contributed by atoms with Gasteiger partial charge in [0.1, 0.15) is 6.29 Å². The number of aldehydes is 1. The van der Waals surface area contributed by atoms with Crippen molar-refractivity contribution < 1.29 is 9.53 Å². The molecule has 2 N–H and O–H groups in total. The lowest BCUT2D eigenvalue weighted by Gasteiger charge is -2.40. The topological polar surface area (TPSA) is 68.5 Å². The summed E-state index contributed by atoms with van der Waals surface area (Å²) in [6, 6.07) is 14.3. The molecule has 4 rings (SSSR count). The van der Waals surface area contributed by atoms with Crippen LogP contribution in [0.3, 0.4) is 0 Å². The lowest BCUT2D eigenvalue weighted by Crippen LogP contribution is -2.43. The van der Waals surface area contributed by atoms with Gasteiger partial charge in [0.2, 0.25) is 5.88 Å². The monoisotopic (exact) mass is 369 g/mol. The first-order valence-corrected chi connectivity index (χ1v) is 9.48. The summed E-state index contributed by atoms with van der Waals surface area (Å²) >= 11 is 0. The lowest BCUT2D eigenvalue weighted by atomic mass is 9.87. The molecule has 2 atom stereocenters. The highest BCUT2D eigenvalue weighted by Crippen LogP contribution is 2.44. The van der Waals surface area contributed by atoms with Crippen molar-refractivity contribution in [1.29, 1.82) is 0 Å². The molecule has 5 nitrogen and oxygen atoms in total. The van der Waals surface area contributed by atoms with Gasteiger partial charge < -0.3 is 20.2 Å². The molecule has 27 heavy (non-hydrogen) atoms. The number of anilines is 2. The number of benzene rings is 1. The number of hydrogen-bond donors (Lipinski definition) is 1. The number of rotatable bonds is 2. The fourth-order valence-electron chi connectivity index (χ4n) is 3.70. The Morgan fingerprint density at radius 1 is 1.19 bits per heavy atom. The van der Waals surface area contributed by atoms with Gasteiger partial charge in [-0.1, -0.05) is 25.1 Å². The van der Waals surface area contributed by atoms with Crippen LogP contribution in [0, 0.1) is 11.8 Å². The molecular weight excluding hydrogens is 338 g/mol. The van der Waals surface area contributed by atoms with E-state index in [4.69, 9.17) is 15.3 Å². The van der Waals surface area contributed by atoms with Crippen molar-refractivity contribution in [1.82, 2.24) is 4.98 Å². The zero-order chi connectivity index (χ0) is 19.8. The number of carbonyl (C=O) groups is 1. The predicted molar refractivity (Wildman–Crippen MR) is 111 cm³/mol. The van der Waals surface area contributed by atoms with Gasteiger partial charge in [0, 0.05) is 24.8 Å². The Hall–Kier alpha value is -2.56. The third-order valence-electron chi connectivity index (χ3n) is 4.96. The minimum Gasteiger partial charge on any atom is -0.481 e. The van der Waals surface area contributed by atoms with E-state index in [2.05, 4.69) is 29.9 Å². The van der Waals surface area contributed by atoms with Gasteiger partial charge in [-0.2, -0.15) is 0 Å². The van der Waals surface area contributed by atoms with E-state index in [1.807, 2.05) is 36.4 Å². The number of para-hydroxylation sites is 1. The Balaban J connectivity index is 0.000000218. The van der Waals surface area contributed by atoms with E-state index in [9.17, 15) is 0 Å². The number of nitrogens with zero attached hydrogens (tertiary/aromatic N) is 2. The molecule has 1 saturated carbocycles. The summed E-state index contributed by atoms with van der Waals surface area (Å²) < 4.78 is 5.21. The van der Waals surface area contributed by atoms with Crippen molar-refractivity contribution >= 4 is 17.7 Å². The zero-order valence-electron chi connectivity index (χ0n) is 16.8. The van der Waals surface area contributed by atoms with Crippen LogP contribution in [0.4, 0.5) is 11.4 Å². The summed E-state index contributed by atoms with van der Waals surface area (Å²) in [5, 5.41) is 0. The maximum atomic E-state index is 8.81. The first kappa shape index (κ1) is 20.7. The van der Waals surface area contributed by atoms with Crippen molar-refractivity contribution in [2.45, 2.75) is 39.2 Å². The molecule has 0 radical (unpaired) electrons. The Morgan fingerprint density at radius 2 is 1.81 bits per heavy atom. The number of fused-ring (bicyclic) bond motifs is 1. The van der Waals surface area contributed by atoms with Crippen LogP contribution in [0.5, 0.6) is 5.88 Å². The van der Waals surface area contributed by atoms with Crippen LogP contribution in [0.2, 0.25) is 0 Å². The van der Waals surface area contributed by atoms with Gasteiger partial charge >= 0.3 is 0 Å². The van der Waals surface area contributed by atoms with Gasteiger partial charge in [0.15, 0.2) is 0 Å². The van der Waals surface area contributed by atoms with Gasteiger partial charge in [0.05, 0.1) is 18.5 Å². The van der Waals surface area contributed by atoms with Crippen LogP contribution in [-0.4, -0.2) is 31.5 Å². The van der Waals surface area contributed by atoms with Crippen LogP contribution in [0.15, 0.2) is 42.5 Å². The van der Waals surface area contributed by atoms with Crippen molar-refractivity contribution in [2.24, 2.45) is 11.8 Å². The second-order valence-electron chi connectivity index (χ2n) is 7.09. The highest BCUT2D eigenvalue weighted by atomic mass is 16.5. The minimum atomic E-state index is 0.694. The van der Waals surface area contributed by atoms with Crippen molar-refractivity contribution in [3.05, 3.63) is 48.2 Å². The molecular formula is C22H31N3O2. The molecule has 5 heteroatoms. The summed E-state index contributed by atoms with van der Waals surface area (Å²) in [6.07, 6.45) is 4.63. The number of hydrogen-bond acceptors (Lipinski definition) is 5. The minimum absolute atomic E-state index is 0.694. The maximum Gasteiger partial charge on any atom is 0.213 e. The van der Waals surface area contributed by atoms with E-state index in [0.717, 1.165) is 30.2 Å². The quantitative estimate of drug-likeness (QED) is 0.641. The molecule has 1 aromatic heterocycles. The molecule has 146 valence electrons. The smallest absolute Gasteiger partial charge is 0.213 e. The Morgan fingerprint density at radius 3 is 2.30 bits per heavy atom. The molecule has 0 unspecified atom stereocenters. The summed E-state index contributed by atoms with van der Waals surface area (Å²) in [5.74, 6) is 2.33. The third-order valence-corrected chi connectivity index (χ3v) is 4.96. The Kier molecular flexibility index (Phi) is 7.65. The number of nitrogen functional groups attached to an aromatic ring is 1. The van der Waals surface area contributed by atoms with E-state index >= 15 is 0 Å². The average molecular weight is 370 g/mol. The molecule has 1 aromatic carbocycles. The van der Waals surface area contributed by atoms with E-state index in [-0.39, 0.29) is 0 Å². The molecule has 2 aliphatic rings. The van der Waals surface area contributed by atoms with Gasteiger partial charge in [-0.15, -0.1) is 0 Å². The summed E-state index contributed by atoms with van der Waals surface area (Å²) in [7, 11) is 3.89. The normalized spacial score (nSPS) is 20.2. The number of methoxy groups -OCH3 is 1. The highest BCUT2D eigenvalue weighted by Gasteiger charge is 2.40. The van der Waals surface area contributed by atoms with E-state index < -0.39 is 0 Å². The highest BCUT2D eigenvalue weighted by molar-refractivity contribution is 5.55. The molecule has 1 fully saturated rings. The first-order valence-electron chi connectivity index (χ1n) is 9.48. The van der Waals surface area contributed by atoms with E-state index in [0.29, 0.717) is 12.0 Å². The summed E-state index contributed by atoms with van der Waals surface area (Å²) in [6.45, 7) is 3.80. The lowest BCUT2D eigenvalue weighted by molar-refractivity contribution is -0.106. The summed E-state index contributed by atoms with van der Waals surface area (Å²) in [5.41, 5.74) is 8.66. The van der Waals surface area contributed by atoms with Crippen LogP contribution in [0.1, 0.15) is 32.4 Å². The number of aromatic nitrogens is 1. The number of ether oxygens (including phenoxy) is 1. The maximum absolute atomic E-state index is 8.81. The van der Waals surface area contributed by atoms with Gasteiger partial charge in [-0.3, -0.25) is 0 Å². The van der Waals surface area contributed by atoms with Gasteiger partial charge in [-0.25, -0.2) is 4.98 Å². The van der Waals surface area contributed by atoms with Gasteiger partial charge in [0.25, 0.3) is 0 Å². The van der Waals surface area contributed by atoms with Gasteiger partial charge in [-0.05, 0) is 56.2 Å². The fourth-order valence-corrected chi connectivity index (χ4v) is 3.70. The van der Waals surface area contributed by atoms with E-state index in [1.54, 1.807) is 7.11 Å². The molecule has 0 saturated heterocycles. The molecule has 0 bridgehead atoms. The second kappa shape index (κ2) is 9.95. The van der Waals surface area contributed by atoms with Crippen molar-refractivity contribution in [2.75, 3.05) is 24.8 Å². The SMILES string of the molecule is CC=O.COc1ccc2c(n1)C[C@@H](C)[C@H](C1CC1)N2C.Nc1ccccc1. The fraction of sp³-hybridized carbons (Fsp3) is 0.455. The molecule has 2 aromatic rings. The van der Waals surface area contributed by atoms with Crippen LogP contribution < -0.4 is 15.4 Å². The van der Waals surface area contributed by atoms with Crippen LogP contribution >= 0.6 is 0 Å². The molecule has 0 amide bonds. The van der Waals surface area contributed by atoms with Crippen LogP contribution in [0.25, 0.3) is 0 Å². The zero-order valence-corrected chi connectivity index (χ0v) is 16.8. The van der Waals surface area contributed by atoms with Crippen molar-refractivity contribution in [3.63, 3.8) is 0 Å². The predicted octanol–water partition coefficient (Wildman–Crippen LogP) is 3.97. The number of pyridine rings is 1. The first-order chi connectivity index (χ1) is 13.0. The summed E-state index contributed by atoms with van der Waals surface area (Å²) in [4.78, 5) is 15.8. The largest absolute Gasteiger partial charge is 0.481 e. The third kappa shape index (κ3) is 5.71. The molecule has 1 aliphatic heterocycles. The standard InChI is InChI=1S/C14H20N2O.C6H7N.C2H4O/c1-9-8-11-12(6-7-13(15-11)17-3)16(2)14(9)10-4-5-10;7-6-4-2-1-3-5-6;1-2-3/h6-7,9-10,14H,4-5,8H2,1-3H3;1-5H,7H2;2H,1H3/t9-,14-;;/m1../s1. The number of carbonyl (C=O) groups excluding carboxylic acids is 1. The van der Waals surface area contributed by atoms with Crippen molar-refractivity contribution in [3.8, 4) is 5.88 Å². The second-order valence-corrected chi connectivity index (χ2v) is 7.09. The average Bonchev–Trinajstić information content (AvgIpc) is 3.48. The molecule has 2 heterocycles. The Labute approximate surface area is 162 Å². The number of nitrogens with two attached hydrogens (primary N) is 1. The van der Waals surface area contributed by atoms with E-state index in [1.165, 1.54) is 31.1 Å². The van der Waals surface area contributed by atoms with Crippen LogP contribution in [-0.2, 0) is 11.2 Å². The molecule has 1 aliphatic carbocycles.